The zero-order valence-corrected chi connectivity index (χ0v) is 25.3. The number of hydrogen-bond donors (Lipinski definition) is 3. The summed E-state index contributed by atoms with van der Waals surface area (Å²) in [5.74, 6) is -3.65. The van der Waals surface area contributed by atoms with Crippen LogP contribution in [0.5, 0.6) is 0 Å². The number of nitrogens with zero attached hydrogens (tertiary/aromatic N) is 2. The lowest BCUT2D eigenvalue weighted by molar-refractivity contribution is -0.144. The maximum absolute atomic E-state index is 13.1. The van der Waals surface area contributed by atoms with E-state index in [1.807, 2.05) is 37.3 Å². The summed E-state index contributed by atoms with van der Waals surface area (Å²) in [6, 6.07) is 12.3. The number of carboxylic acid groups (broad SMARTS) is 1. The maximum atomic E-state index is 13.1. The highest BCUT2D eigenvalue weighted by Crippen LogP contribution is 2.33. The summed E-state index contributed by atoms with van der Waals surface area (Å²) in [6.45, 7) is 1.64. The van der Waals surface area contributed by atoms with E-state index in [1.54, 1.807) is 0 Å². The molecule has 1 saturated heterocycles. The SMILES string of the molecule is CC(CC(=O)N(CC(=O)O)Cc1ccccc1)SSCCOC(=O)Nc1cccc2c1C(=O)N(C1CCC(=O)NC1=O)C2=O. The molecule has 0 saturated carbocycles. The number of fused-ring (bicyclic) bond motifs is 1. The summed E-state index contributed by atoms with van der Waals surface area (Å²) in [5.41, 5.74) is 0.844. The molecule has 2 aliphatic heterocycles. The molecular weight excluding hydrogens is 612 g/mol. The van der Waals surface area contributed by atoms with Crippen molar-refractivity contribution in [2.75, 3.05) is 24.2 Å². The van der Waals surface area contributed by atoms with E-state index in [2.05, 4.69) is 10.6 Å². The van der Waals surface area contributed by atoms with Crippen LogP contribution in [-0.2, 0) is 30.5 Å². The molecule has 15 heteroatoms. The summed E-state index contributed by atoms with van der Waals surface area (Å²) in [6.07, 6.45) is -0.722. The molecule has 0 bridgehead atoms. The minimum atomic E-state index is -1.13. The Bertz CT molecular complexity index is 1470. The van der Waals surface area contributed by atoms with Gasteiger partial charge < -0.3 is 14.7 Å². The fourth-order valence-corrected chi connectivity index (χ4v) is 6.79. The van der Waals surface area contributed by atoms with Gasteiger partial charge in [0.15, 0.2) is 0 Å². The van der Waals surface area contributed by atoms with Crippen molar-refractivity contribution >= 4 is 68.9 Å². The molecule has 2 aromatic rings. The molecule has 2 aromatic carbocycles. The van der Waals surface area contributed by atoms with Crippen molar-refractivity contribution in [2.24, 2.45) is 0 Å². The predicted octanol–water partition coefficient (Wildman–Crippen LogP) is 2.91. The highest BCUT2D eigenvalue weighted by atomic mass is 33.1. The summed E-state index contributed by atoms with van der Waals surface area (Å²) < 4.78 is 5.22. The first-order valence-electron chi connectivity index (χ1n) is 13.6. The van der Waals surface area contributed by atoms with E-state index < -0.39 is 48.3 Å². The molecular formula is C29H30N4O9S2. The molecule has 0 aliphatic carbocycles. The molecule has 0 spiro atoms. The second kappa shape index (κ2) is 14.9. The molecule has 2 unspecified atom stereocenters. The fraction of sp³-hybridized carbons (Fsp3) is 0.345. The van der Waals surface area contributed by atoms with Crippen LogP contribution in [0.2, 0.25) is 0 Å². The van der Waals surface area contributed by atoms with Gasteiger partial charge in [0.2, 0.25) is 17.7 Å². The fourth-order valence-electron chi connectivity index (χ4n) is 4.71. The summed E-state index contributed by atoms with van der Waals surface area (Å²) in [7, 11) is 2.78. The van der Waals surface area contributed by atoms with E-state index in [1.165, 1.54) is 44.7 Å². The monoisotopic (exact) mass is 642 g/mol. The molecule has 13 nitrogen and oxygen atoms in total. The van der Waals surface area contributed by atoms with Gasteiger partial charge in [0.25, 0.3) is 11.8 Å². The van der Waals surface area contributed by atoms with Crippen LogP contribution >= 0.6 is 21.6 Å². The maximum Gasteiger partial charge on any atom is 0.411 e. The minimum Gasteiger partial charge on any atom is -0.480 e. The van der Waals surface area contributed by atoms with Gasteiger partial charge in [-0.1, -0.05) is 64.9 Å². The third kappa shape index (κ3) is 8.17. The Morgan fingerprint density at radius 2 is 1.84 bits per heavy atom. The first-order chi connectivity index (χ1) is 21.0. The smallest absolute Gasteiger partial charge is 0.411 e. The molecule has 44 heavy (non-hydrogen) atoms. The van der Waals surface area contributed by atoms with Crippen molar-refractivity contribution in [3.8, 4) is 0 Å². The number of rotatable bonds is 13. The average Bonchev–Trinajstić information content (AvgIpc) is 3.23. The van der Waals surface area contributed by atoms with E-state index in [4.69, 9.17) is 4.74 Å². The Labute approximate surface area is 260 Å². The van der Waals surface area contributed by atoms with E-state index in [0.717, 1.165) is 10.5 Å². The van der Waals surface area contributed by atoms with Crippen LogP contribution in [0.3, 0.4) is 0 Å². The molecule has 2 heterocycles. The zero-order chi connectivity index (χ0) is 31.8. The molecule has 1 fully saturated rings. The van der Waals surface area contributed by atoms with Crippen LogP contribution < -0.4 is 10.6 Å². The number of hydrogen-bond acceptors (Lipinski definition) is 10. The van der Waals surface area contributed by atoms with Crippen LogP contribution in [0.1, 0.15) is 52.5 Å². The Morgan fingerprint density at radius 1 is 1.09 bits per heavy atom. The van der Waals surface area contributed by atoms with Crippen molar-refractivity contribution in [3.63, 3.8) is 0 Å². The summed E-state index contributed by atoms with van der Waals surface area (Å²) in [4.78, 5) is 88.5. The number of amides is 6. The molecule has 4 rings (SSSR count). The molecule has 0 radical (unpaired) electrons. The first kappa shape index (κ1) is 32.5. The van der Waals surface area contributed by atoms with E-state index in [0.29, 0.717) is 5.75 Å². The Kier molecular flexibility index (Phi) is 11.0. The lowest BCUT2D eigenvalue weighted by Gasteiger charge is -2.27. The standard InChI is InChI=1S/C29H30N4O9S2/c1-17(14-23(35)32(16-24(36)37)15-18-6-3-2-4-7-18)44-43-13-12-42-29(41)30-20-9-5-8-19-25(20)28(40)33(27(19)39)21-10-11-22(34)31-26(21)38/h2-9,17,21H,10-16H2,1H3,(H,30,41)(H,36,37)(H,31,34,38). The third-order valence-electron chi connectivity index (χ3n) is 6.69. The van der Waals surface area contributed by atoms with Crippen LogP contribution in [0.25, 0.3) is 0 Å². The van der Waals surface area contributed by atoms with Gasteiger partial charge in [-0.2, -0.15) is 0 Å². The van der Waals surface area contributed by atoms with Gasteiger partial charge in [-0.05, 0) is 24.1 Å². The Morgan fingerprint density at radius 3 is 2.55 bits per heavy atom. The number of nitrogens with one attached hydrogen (secondary N) is 2. The third-order valence-corrected chi connectivity index (χ3v) is 9.55. The Balaban J connectivity index is 1.22. The second-order valence-electron chi connectivity index (χ2n) is 10.00. The van der Waals surface area contributed by atoms with Crippen molar-refractivity contribution in [1.29, 1.82) is 0 Å². The molecule has 3 N–H and O–H groups in total. The molecule has 2 aliphatic rings. The van der Waals surface area contributed by atoms with Crippen molar-refractivity contribution in [2.45, 2.75) is 44.0 Å². The Hall–Kier alpha value is -4.37. The number of benzene rings is 2. The van der Waals surface area contributed by atoms with Gasteiger partial charge >= 0.3 is 12.1 Å². The largest absolute Gasteiger partial charge is 0.480 e. The average molecular weight is 643 g/mol. The van der Waals surface area contributed by atoms with Gasteiger partial charge in [-0.3, -0.25) is 44.3 Å². The normalized spacial score (nSPS) is 16.7. The number of carbonyl (C=O) groups excluding carboxylic acids is 6. The van der Waals surface area contributed by atoms with E-state index in [9.17, 15) is 38.7 Å². The van der Waals surface area contributed by atoms with Crippen LogP contribution in [0, 0.1) is 0 Å². The van der Waals surface area contributed by atoms with Crippen molar-refractivity contribution in [1.82, 2.24) is 15.1 Å². The van der Waals surface area contributed by atoms with Gasteiger partial charge in [0, 0.05) is 30.4 Å². The molecule has 0 aromatic heterocycles. The first-order valence-corrected chi connectivity index (χ1v) is 16.0. The highest BCUT2D eigenvalue weighted by molar-refractivity contribution is 8.76. The minimum absolute atomic E-state index is 0.00755. The number of anilines is 1. The van der Waals surface area contributed by atoms with Crippen LogP contribution in [0.4, 0.5) is 10.5 Å². The van der Waals surface area contributed by atoms with Gasteiger partial charge in [-0.15, -0.1) is 0 Å². The summed E-state index contributed by atoms with van der Waals surface area (Å²) in [5, 5.41) is 13.7. The molecule has 6 amide bonds. The van der Waals surface area contributed by atoms with Gasteiger partial charge in [0.05, 0.1) is 16.8 Å². The number of carboxylic acids is 1. The number of aliphatic carboxylic acids is 1. The van der Waals surface area contributed by atoms with E-state index >= 15 is 0 Å². The topological polar surface area (TPSA) is 179 Å². The lowest BCUT2D eigenvalue weighted by Crippen LogP contribution is -2.54. The van der Waals surface area contributed by atoms with Crippen LogP contribution in [0.15, 0.2) is 48.5 Å². The summed E-state index contributed by atoms with van der Waals surface area (Å²) >= 11 is 0. The van der Waals surface area contributed by atoms with Crippen LogP contribution in [-0.4, -0.2) is 86.7 Å². The van der Waals surface area contributed by atoms with Gasteiger partial charge in [0.1, 0.15) is 19.2 Å². The zero-order valence-electron chi connectivity index (χ0n) is 23.6. The second-order valence-corrected chi connectivity index (χ2v) is 12.9. The highest BCUT2D eigenvalue weighted by Gasteiger charge is 2.45. The number of ether oxygens (including phenoxy) is 1. The van der Waals surface area contributed by atoms with E-state index in [-0.39, 0.29) is 60.4 Å². The quantitative estimate of drug-likeness (QED) is 0.166. The lowest BCUT2D eigenvalue weighted by atomic mass is 10.0. The van der Waals surface area contributed by atoms with Gasteiger partial charge in [-0.25, -0.2) is 4.79 Å². The number of carbonyl (C=O) groups is 7. The molecule has 2 atom stereocenters. The van der Waals surface area contributed by atoms with Crippen molar-refractivity contribution < 1.29 is 43.4 Å². The number of piperidine rings is 1. The predicted molar refractivity (Wildman–Crippen MR) is 162 cm³/mol. The number of imide groups is 2. The molecule has 232 valence electrons. The van der Waals surface area contributed by atoms with Crippen molar-refractivity contribution in [3.05, 3.63) is 65.2 Å².